The first kappa shape index (κ1) is 10.6. The Morgan fingerprint density at radius 3 is 2.08 bits per heavy atom. The van der Waals surface area contributed by atoms with Crippen LogP contribution in [0.4, 0.5) is 0 Å². The maximum atomic E-state index is 10.0. The average molecular weight is 235 g/mol. The second-order valence-electron chi connectivity index (χ2n) is 2.29. The highest BCUT2D eigenvalue weighted by Gasteiger charge is 2.03. The average Bonchev–Trinajstić information content (AvgIpc) is 2.10. The van der Waals surface area contributed by atoms with E-state index in [4.69, 9.17) is 34.8 Å². The summed E-state index contributed by atoms with van der Waals surface area (Å²) in [5, 5.41) is 1.08. The molecule has 0 amide bonds. The van der Waals surface area contributed by atoms with Crippen LogP contribution in [0.1, 0.15) is 5.56 Å². The Bertz CT molecular complexity index is 335. The molecule has 0 unspecified atom stereocenters. The molecule has 0 aliphatic heterocycles. The lowest BCUT2D eigenvalue weighted by molar-refractivity contribution is -0.104. The molecule has 4 heteroatoms. The van der Waals surface area contributed by atoms with Gasteiger partial charge in [-0.05, 0) is 23.8 Å². The molecule has 0 fully saturated rings. The fourth-order valence-corrected chi connectivity index (χ4v) is 1.43. The summed E-state index contributed by atoms with van der Waals surface area (Å²) in [5.74, 6) is 0. The fraction of sp³-hybridized carbons (Fsp3) is 0. The SMILES string of the molecule is O=C/C=C/c1cc(Cl)c(Cl)c(Cl)c1. The van der Waals surface area contributed by atoms with Crippen LogP contribution in [0.3, 0.4) is 0 Å². The molecule has 0 heterocycles. The number of hydrogen-bond acceptors (Lipinski definition) is 1. The van der Waals surface area contributed by atoms with E-state index in [2.05, 4.69) is 0 Å². The van der Waals surface area contributed by atoms with E-state index in [1.54, 1.807) is 18.2 Å². The monoisotopic (exact) mass is 234 g/mol. The molecule has 0 bridgehead atoms. The topological polar surface area (TPSA) is 17.1 Å². The lowest BCUT2D eigenvalue weighted by Gasteiger charge is -2.00. The van der Waals surface area contributed by atoms with Crippen LogP contribution in [0.5, 0.6) is 0 Å². The van der Waals surface area contributed by atoms with Gasteiger partial charge in [-0.25, -0.2) is 0 Å². The summed E-state index contributed by atoms with van der Waals surface area (Å²) in [7, 11) is 0. The largest absolute Gasteiger partial charge is 0.299 e. The van der Waals surface area contributed by atoms with Crippen molar-refractivity contribution in [3.05, 3.63) is 38.8 Å². The number of carbonyl (C=O) groups is 1. The van der Waals surface area contributed by atoms with Crippen molar-refractivity contribution >= 4 is 47.2 Å². The van der Waals surface area contributed by atoms with Crippen LogP contribution >= 0.6 is 34.8 Å². The molecule has 68 valence electrons. The van der Waals surface area contributed by atoms with Gasteiger partial charge >= 0.3 is 0 Å². The van der Waals surface area contributed by atoms with Crippen LogP contribution in [0.25, 0.3) is 6.08 Å². The lowest BCUT2D eigenvalue weighted by atomic mass is 10.2. The van der Waals surface area contributed by atoms with Gasteiger partial charge in [0, 0.05) is 0 Å². The Morgan fingerprint density at radius 1 is 1.08 bits per heavy atom. The predicted molar refractivity (Wildman–Crippen MR) is 56.6 cm³/mol. The third kappa shape index (κ3) is 2.73. The molecule has 0 spiro atoms. The van der Waals surface area contributed by atoms with Crippen LogP contribution in [0, 0.1) is 0 Å². The molecule has 1 aromatic rings. The maximum Gasteiger partial charge on any atom is 0.142 e. The summed E-state index contributed by atoms with van der Waals surface area (Å²) in [6.45, 7) is 0. The Balaban J connectivity index is 3.12. The summed E-state index contributed by atoms with van der Waals surface area (Å²) in [6.07, 6.45) is 3.63. The van der Waals surface area contributed by atoms with Crippen molar-refractivity contribution in [3.8, 4) is 0 Å². The molecule has 1 nitrogen and oxygen atoms in total. The molecule has 0 aliphatic carbocycles. The van der Waals surface area contributed by atoms with Crippen molar-refractivity contribution < 1.29 is 4.79 Å². The van der Waals surface area contributed by atoms with Crippen molar-refractivity contribution in [1.29, 1.82) is 0 Å². The van der Waals surface area contributed by atoms with Crippen LogP contribution < -0.4 is 0 Å². The van der Waals surface area contributed by atoms with Gasteiger partial charge in [0.2, 0.25) is 0 Å². The number of rotatable bonds is 2. The molecule has 1 aromatic carbocycles. The molecule has 0 aliphatic rings. The van der Waals surface area contributed by atoms with Crippen LogP contribution in [-0.2, 0) is 4.79 Å². The third-order valence-corrected chi connectivity index (χ3v) is 2.57. The fourth-order valence-electron chi connectivity index (χ4n) is 0.822. The van der Waals surface area contributed by atoms with E-state index >= 15 is 0 Å². The van der Waals surface area contributed by atoms with Gasteiger partial charge in [0.05, 0.1) is 15.1 Å². The summed E-state index contributed by atoms with van der Waals surface area (Å²) in [6, 6.07) is 3.27. The first-order valence-electron chi connectivity index (χ1n) is 3.41. The van der Waals surface area contributed by atoms with Gasteiger partial charge in [0.25, 0.3) is 0 Å². The molecule has 13 heavy (non-hydrogen) atoms. The van der Waals surface area contributed by atoms with Crippen LogP contribution in [0.15, 0.2) is 18.2 Å². The van der Waals surface area contributed by atoms with Crippen molar-refractivity contribution in [2.75, 3.05) is 0 Å². The minimum absolute atomic E-state index is 0.326. The zero-order valence-electron chi connectivity index (χ0n) is 6.43. The van der Waals surface area contributed by atoms with E-state index in [9.17, 15) is 4.79 Å². The zero-order chi connectivity index (χ0) is 9.84. The van der Waals surface area contributed by atoms with E-state index in [0.717, 1.165) is 5.56 Å². The molecule has 0 radical (unpaired) electrons. The Labute approximate surface area is 90.9 Å². The van der Waals surface area contributed by atoms with E-state index in [1.807, 2.05) is 0 Å². The molecular weight excluding hydrogens is 230 g/mol. The standard InChI is InChI=1S/C9H5Cl3O/c10-7-4-6(2-1-3-13)5-8(11)9(7)12/h1-5H/b2-1+. The van der Waals surface area contributed by atoms with Crippen molar-refractivity contribution in [3.63, 3.8) is 0 Å². The van der Waals surface area contributed by atoms with Gasteiger partial charge in [-0.3, -0.25) is 4.79 Å². The molecule has 0 N–H and O–H groups in total. The van der Waals surface area contributed by atoms with Gasteiger partial charge in [-0.2, -0.15) is 0 Å². The first-order valence-corrected chi connectivity index (χ1v) is 4.55. The van der Waals surface area contributed by atoms with Crippen LogP contribution in [0.2, 0.25) is 15.1 Å². The van der Waals surface area contributed by atoms with E-state index in [-0.39, 0.29) is 0 Å². The smallest absolute Gasteiger partial charge is 0.142 e. The molecule has 0 saturated carbocycles. The van der Waals surface area contributed by atoms with E-state index in [1.165, 1.54) is 6.08 Å². The molecular formula is C9H5Cl3O. The third-order valence-electron chi connectivity index (χ3n) is 1.37. The Morgan fingerprint density at radius 2 is 1.62 bits per heavy atom. The van der Waals surface area contributed by atoms with Gasteiger partial charge in [0.1, 0.15) is 6.29 Å². The number of hydrogen-bond donors (Lipinski definition) is 0. The van der Waals surface area contributed by atoms with E-state index in [0.29, 0.717) is 21.4 Å². The highest BCUT2D eigenvalue weighted by molar-refractivity contribution is 6.48. The zero-order valence-corrected chi connectivity index (χ0v) is 8.70. The number of allylic oxidation sites excluding steroid dienone is 1. The normalized spacial score (nSPS) is 10.7. The second kappa shape index (κ2) is 4.66. The number of carbonyl (C=O) groups excluding carboxylic acids is 1. The van der Waals surface area contributed by atoms with Gasteiger partial charge in [-0.1, -0.05) is 40.9 Å². The number of aldehydes is 1. The summed E-state index contributed by atoms with van der Waals surface area (Å²) in [5.41, 5.74) is 0.742. The number of benzene rings is 1. The van der Waals surface area contributed by atoms with Gasteiger partial charge in [0.15, 0.2) is 0 Å². The quantitative estimate of drug-likeness (QED) is 0.432. The molecule has 0 aromatic heterocycles. The van der Waals surface area contributed by atoms with Crippen molar-refractivity contribution in [2.24, 2.45) is 0 Å². The maximum absolute atomic E-state index is 10.0. The molecule has 0 saturated heterocycles. The lowest BCUT2D eigenvalue weighted by Crippen LogP contribution is -1.76. The first-order chi connectivity index (χ1) is 6.15. The van der Waals surface area contributed by atoms with Gasteiger partial charge < -0.3 is 0 Å². The predicted octanol–water partition coefficient (Wildman–Crippen LogP) is 3.86. The Hall–Kier alpha value is -0.500. The number of halogens is 3. The summed E-state index contributed by atoms with van der Waals surface area (Å²) < 4.78 is 0. The van der Waals surface area contributed by atoms with Crippen molar-refractivity contribution in [1.82, 2.24) is 0 Å². The second-order valence-corrected chi connectivity index (χ2v) is 3.49. The Kier molecular flexibility index (Phi) is 3.79. The highest BCUT2D eigenvalue weighted by Crippen LogP contribution is 2.31. The van der Waals surface area contributed by atoms with Crippen LogP contribution in [-0.4, -0.2) is 6.29 Å². The molecule has 0 atom stereocenters. The highest BCUT2D eigenvalue weighted by atomic mass is 35.5. The minimum Gasteiger partial charge on any atom is -0.299 e. The van der Waals surface area contributed by atoms with E-state index < -0.39 is 0 Å². The minimum atomic E-state index is 0.326. The molecule has 1 rings (SSSR count). The summed E-state index contributed by atoms with van der Waals surface area (Å²) in [4.78, 5) is 10.0. The van der Waals surface area contributed by atoms with Crippen molar-refractivity contribution in [2.45, 2.75) is 0 Å². The van der Waals surface area contributed by atoms with Gasteiger partial charge in [-0.15, -0.1) is 0 Å². The summed E-state index contributed by atoms with van der Waals surface area (Å²) >= 11 is 17.2.